The van der Waals surface area contributed by atoms with Crippen molar-refractivity contribution in [2.24, 2.45) is 0 Å². The van der Waals surface area contributed by atoms with Gasteiger partial charge in [0.05, 0.1) is 17.8 Å². The molecule has 0 saturated heterocycles. The van der Waals surface area contributed by atoms with Crippen LogP contribution in [-0.4, -0.2) is 7.11 Å². The van der Waals surface area contributed by atoms with Crippen molar-refractivity contribution in [1.82, 2.24) is 0 Å². The largest absolute Gasteiger partial charge is 0.504 e. The Morgan fingerprint density at radius 2 is 2.25 bits per heavy atom. The number of ether oxygens (including phenoxy) is 1. The monoisotopic (exact) mass is 230 g/mol. The first-order chi connectivity index (χ1) is 5.75. The second-order valence-corrected chi connectivity index (χ2v) is 3.04. The Kier molecular flexibility index (Phi) is 3.29. The van der Waals surface area contributed by atoms with Gasteiger partial charge in [0, 0.05) is 5.56 Å². The molecule has 0 aromatic heterocycles. The summed E-state index contributed by atoms with van der Waals surface area (Å²) in [4.78, 5) is 0. The maximum absolute atomic E-state index is 13.2. The number of methoxy groups -OCH3 is 1. The molecule has 0 heterocycles. The first-order valence-corrected chi connectivity index (χ1v) is 4.18. The van der Waals surface area contributed by atoms with E-state index in [-0.39, 0.29) is 5.82 Å². The van der Waals surface area contributed by atoms with E-state index in [9.17, 15) is 4.39 Å². The maximum Gasteiger partial charge on any atom is 0.144 e. The molecule has 0 N–H and O–H groups in total. The fraction of sp³-hybridized carbons (Fsp3) is 0.111. The van der Waals surface area contributed by atoms with E-state index in [2.05, 4.69) is 20.7 Å². The third-order valence-electron chi connectivity index (χ3n) is 1.37. The quantitative estimate of drug-likeness (QED) is 0.710. The molecule has 3 heteroatoms. The highest BCUT2D eigenvalue weighted by molar-refractivity contribution is 9.10. The van der Waals surface area contributed by atoms with E-state index in [1.54, 1.807) is 24.3 Å². The van der Waals surface area contributed by atoms with Crippen molar-refractivity contribution >= 4 is 22.0 Å². The molecule has 12 heavy (non-hydrogen) atoms. The summed E-state index contributed by atoms with van der Waals surface area (Å²) >= 11 is 3.09. The van der Waals surface area contributed by atoms with Crippen LogP contribution in [-0.2, 0) is 4.74 Å². The van der Waals surface area contributed by atoms with Crippen LogP contribution in [0.15, 0.2) is 28.9 Å². The molecule has 0 radical (unpaired) electrons. The second-order valence-electron chi connectivity index (χ2n) is 2.18. The van der Waals surface area contributed by atoms with Crippen molar-refractivity contribution in [2.45, 2.75) is 0 Å². The van der Waals surface area contributed by atoms with Gasteiger partial charge in [0.1, 0.15) is 5.82 Å². The van der Waals surface area contributed by atoms with Crippen LogP contribution in [0.3, 0.4) is 0 Å². The van der Waals surface area contributed by atoms with Gasteiger partial charge in [0.25, 0.3) is 0 Å². The second kappa shape index (κ2) is 4.26. The minimum atomic E-state index is -0.272. The van der Waals surface area contributed by atoms with Crippen molar-refractivity contribution in [3.63, 3.8) is 0 Å². The van der Waals surface area contributed by atoms with Crippen LogP contribution in [0.4, 0.5) is 4.39 Å². The lowest BCUT2D eigenvalue weighted by atomic mass is 10.2. The molecule has 1 rings (SSSR count). The van der Waals surface area contributed by atoms with Gasteiger partial charge in [-0.05, 0) is 28.1 Å². The predicted molar refractivity (Wildman–Crippen MR) is 50.1 cm³/mol. The Morgan fingerprint density at radius 3 is 2.92 bits per heavy atom. The predicted octanol–water partition coefficient (Wildman–Crippen LogP) is 3.21. The van der Waals surface area contributed by atoms with E-state index in [1.165, 1.54) is 13.4 Å². The number of benzene rings is 1. The van der Waals surface area contributed by atoms with E-state index >= 15 is 0 Å². The molecule has 0 spiro atoms. The lowest BCUT2D eigenvalue weighted by Crippen LogP contribution is -1.82. The van der Waals surface area contributed by atoms with Crippen molar-refractivity contribution in [2.75, 3.05) is 7.11 Å². The summed E-state index contributed by atoms with van der Waals surface area (Å²) in [6.45, 7) is 0. The zero-order chi connectivity index (χ0) is 8.97. The van der Waals surface area contributed by atoms with E-state index in [4.69, 9.17) is 0 Å². The van der Waals surface area contributed by atoms with Gasteiger partial charge >= 0.3 is 0 Å². The zero-order valence-electron chi connectivity index (χ0n) is 6.55. The minimum Gasteiger partial charge on any atom is -0.504 e. The first kappa shape index (κ1) is 9.26. The van der Waals surface area contributed by atoms with Crippen molar-refractivity contribution in [3.05, 3.63) is 40.3 Å². The standard InChI is InChI=1S/C9H8BrFO/c1-12-6-5-7-3-2-4-8(10)9(7)11/h2-6H,1H3. The highest BCUT2D eigenvalue weighted by atomic mass is 79.9. The van der Waals surface area contributed by atoms with Crippen molar-refractivity contribution < 1.29 is 9.13 Å². The topological polar surface area (TPSA) is 9.23 Å². The summed E-state index contributed by atoms with van der Waals surface area (Å²) in [5, 5.41) is 0. The van der Waals surface area contributed by atoms with E-state index in [0.29, 0.717) is 10.0 Å². The molecule has 0 aliphatic rings. The third-order valence-corrected chi connectivity index (χ3v) is 1.98. The van der Waals surface area contributed by atoms with Crippen molar-refractivity contribution in [1.29, 1.82) is 0 Å². The molecule has 0 atom stereocenters. The van der Waals surface area contributed by atoms with Crippen LogP contribution in [0.5, 0.6) is 0 Å². The van der Waals surface area contributed by atoms with E-state index in [1.807, 2.05) is 0 Å². The van der Waals surface area contributed by atoms with Gasteiger partial charge in [-0.2, -0.15) is 0 Å². The summed E-state index contributed by atoms with van der Waals surface area (Å²) in [5.41, 5.74) is 0.506. The highest BCUT2D eigenvalue weighted by Crippen LogP contribution is 2.19. The van der Waals surface area contributed by atoms with Crippen LogP contribution in [0.1, 0.15) is 5.56 Å². The smallest absolute Gasteiger partial charge is 0.144 e. The molecule has 0 saturated carbocycles. The average molecular weight is 231 g/mol. The fourth-order valence-corrected chi connectivity index (χ4v) is 1.17. The van der Waals surface area contributed by atoms with Gasteiger partial charge in [-0.1, -0.05) is 12.1 Å². The van der Waals surface area contributed by atoms with Crippen LogP contribution >= 0.6 is 15.9 Å². The Morgan fingerprint density at radius 1 is 1.50 bits per heavy atom. The summed E-state index contributed by atoms with van der Waals surface area (Å²) < 4.78 is 18.3. The Hall–Kier alpha value is -0.830. The molecule has 64 valence electrons. The van der Waals surface area contributed by atoms with Gasteiger partial charge in [0.2, 0.25) is 0 Å². The zero-order valence-corrected chi connectivity index (χ0v) is 8.14. The minimum absolute atomic E-state index is 0.272. The normalized spacial score (nSPS) is 10.6. The Bertz CT molecular complexity index is 297. The molecular formula is C9H8BrFO. The van der Waals surface area contributed by atoms with Crippen LogP contribution in [0, 0.1) is 5.82 Å². The van der Waals surface area contributed by atoms with Gasteiger partial charge in [-0.15, -0.1) is 0 Å². The molecule has 1 aromatic rings. The Balaban J connectivity index is 3.00. The third kappa shape index (κ3) is 2.08. The number of hydrogen-bond donors (Lipinski definition) is 0. The lowest BCUT2D eigenvalue weighted by molar-refractivity contribution is 0.341. The molecule has 1 aromatic carbocycles. The summed E-state index contributed by atoms with van der Waals surface area (Å²) in [5.74, 6) is -0.272. The molecule has 0 aliphatic carbocycles. The Labute approximate surface area is 79.0 Å². The number of halogens is 2. The van der Waals surface area contributed by atoms with Crippen LogP contribution < -0.4 is 0 Å². The molecule has 0 fully saturated rings. The fourth-order valence-electron chi connectivity index (χ4n) is 0.791. The van der Waals surface area contributed by atoms with E-state index < -0.39 is 0 Å². The average Bonchev–Trinajstić information content (AvgIpc) is 2.08. The van der Waals surface area contributed by atoms with Gasteiger partial charge in [-0.3, -0.25) is 0 Å². The maximum atomic E-state index is 13.2. The van der Waals surface area contributed by atoms with Gasteiger partial charge in [-0.25, -0.2) is 4.39 Å². The van der Waals surface area contributed by atoms with Gasteiger partial charge in [0.15, 0.2) is 0 Å². The summed E-state index contributed by atoms with van der Waals surface area (Å²) in [6.07, 6.45) is 3.00. The van der Waals surface area contributed by atoms with E-state index in [0.717, 1.165) is 0 Å². The molecule has 0 bridgehead atoms. The lowest BCUT2D eigenvalue weighted by Gasteiger charge is -1.97. The van der Waals surface area contributed by atoms with Crippen molar-refractivity contribution in [3.8, 4) is 0 Å². The molecule has 0 amide bonds. The first-order valence-electron chi connectivity index (χ1n) is 3.39. The molecule has 1 nitrogen and oxygen atoms in total. The van der Waals surface area contributed by atoms with Crippen LogP contribution in [0.25, 0.3) is 6.08 Å². The number of hydrogen-bond acceptors (Lipinski definition) is 1. The highest BCUT2D eigenvalue weighted by Gasteiger charge is 2.01. The summed E-state index contributed by atoms with van der Waals surface area (Å²) in [7, 11) is 1.52. The van der Waals surface area contributed by atoms with Crippen LogP contribution in [0.2, 0.25) is 0 Å². The number of rotatable bonds is 2. The molecule has 0 unspecified atom stereocenters. The SMILES string of the molecule is COC=Cc1cccc(Br)c1F. The van der Waals surface area contributed by atoms with Gasteiger partial charge < -0.3 is 4.74 Å². The molecule has 0 aliphatic heterocycles. The summed E-state index contributed by atoms with van der Waals surface area (Å²) in [6, 6.07) is 5.09. The molecular weight excluding hydrogens is 223 g/mol.